The molecule has 0 saturated carbocycles. The van der Waals surface area contributed by atoms with Gasteiger partial charge in [-0.2, -0.15) is 4.89 Å². The molecule has 1 aromatic carbocycles. The molecule has 1 aromatic rings. The molecule has 0 radical (unpaired) electrons. The molecule has 0 spiro atoms. The smallest absolute Gasteiger partial charge is 0.369 e. The fourth-order valence-electron chi connectivity index (χ4n) is 1.57. The van der Waals surface area contributed by atoms with Crippen molar-refractivity contribution in [1.29, 1.82) is 0 Å². The van der Waals surface area contributed by atoms with E-state index >= 15 is 0 Å². The molecule has 1 aliphatic heterocycles. The predicted molar refractivity (Wildman–Crippen MR) is 52.9 cm³/mol. The molecule has 2 atom stereocenters. The molecule has 1 fully saturated rings. The topological polar surface area (TPSA) is 65.0 Å². The van der Waals surface area contributed by atoms with Crippen LogP contribution in [0.2, 0.25) is 0 Å². The first-order chi connectivity index (χ1) is 7.65. The van der Waals surface area contributed by atoms with Gasteiger partial charge in [-0.05, 0) is 5.56 Å². The molecule has 2 rings (SSSR count). The van der Waals surface area contributed by atoms with Crippen LogP contribution >= 0.6 is 0 Å². The van der Waals surface area contributed by atoms with E-state index in [1.807, 2.05) is 30.3 Å². The largest absolute Gasteiger partial charge is 0.465 e. The zero-order valence-corrected chi connectivity index (χ0v) is 8.75. The number of methoxy groups -OCH3 is 1. The molecular formula is C11H12O5. The Hall–Kier alpha value is -1.43. The van der Waals surface area contributed by atoms with Gasteiger partial charge in [0.25, 0.3) is 0 Å². The Morgan fingerprint density at radius 2 is 2.19 bits per heavy atom. The summed E-state index contributed by atoms with van der Waals surface area (Å²) in [6.45, 7) is 0. The third-order valence-electron chi connectivity index (χ3n) is 2.44. The van der Waals surface area contributed by atoms with E-state index in [4.69, 9.17) is 4.89 Å². The van der Waals surface area contributed by atoms with Crippen LogP contribution in [0.15, 0.2) is 30.3 Å². The number of esters is 1. The van der Waals surface area contributed by atoms with Crippen molar-refractivity contribution in [3.05, 3.63) is 35.9 Å². The van der Waals surface area contributed by atoms with E-state index in [-0.39, 0.29) is 6.42 Å². The minimum absolute atomic E-state index is 0.0175. The summed E-state index contributed by atoms with van der Waals surface area (Å²) in [6.07, 6.45) is -0.450. The first-order valence-corrected chi connectivity index (χ1v) is 4.86. The molecule has 86 valence electrons. The Kier molecular flexibility index (Phi) is 2.91. The summed E-state index contributed by atoms with van der Waals surface area (Å²) in [6, 6.07) is 9.21. The molecule has 0 amide bonds. The Balaban J connectivity index is 2.12. The maximum absolute atomic E-state index is 11.2. The van der Waals surface area contributed by atoms with E-state index < -0.39 is 17.9 Å². The lowest BCUT2D eigenvalue weighted by atomic mass is 10.0. The average Bonchev–Trinajstić information content (AvgIpc) is 2.73. The second-order valence-corrected chi connectivity index (χ2v) is 3.56. The van der Waals surface area contributed by atoms with Crippen LogP contribution in [0.3, 0.4) is 0 Å². The van der Waals surface area contributed by atoms with Gasteiger partial charge in [-0.3, -0.25) is 0 Å². The number of carbonyl (C=O) groups excluding carboxylic acids is 1. The summed E-state index contributed by atoms with van der Waals surface area (Å²) >= 11 is 0. The molecule has 1 saturated heterocycles. The van der Waals surface area contributed by atoms with Crippen LogP contribution in [-0.2, 0) is 19.3 Å². The Bertz CT molecular complexity index is 377. The molecule has 1 N–H and O–H groups in total. The quantitative estimate of drug-likeness (QED) is 0.598. The fourth-order valence-corrected chi connectivity index (χ4v) is 1.57. The number of carbonyl (C=O) groups is 1. The van der Waals surface area contributed by atoms with Crippen molar-refractivity contribution in [2.75, 3.05) is 7.11 Å². The summed E-state index contributed by atoms with van der Waals surface area (Å²) in [4.78, 5) is 20.8. The van der Waals surface area contributed by atoms with Gasteiger partial charge in [0.2, 0.25) is 0 Å². The monoisotopic (exact) mass is 224 g/mol. The molecule has 0 aliphatic carbocycles. The van der Waals surface area contributed by atoms with Crippen LogP contribution in [0.4, 0.5) is 0 Å². The second-order valence-electron chi connectivity index (χ2n) is 3.56. The molecule has 1 heterocycles. The van der Waals surface area contributed by atoms with Crippen LogP contribution in [0.25, 0.3) is 0 Å². The van der Waals surface area contributed by atoms with Crippen molar-refractivity contribution in [3.8, 4) is 0 Å². The SMILES string of the molecule is COC(=O)C1(O)C[C@@H](c2ccccc2)OO1. The van der Waals surface area contributed by atoms with Crippen molar-refractivity contribution in [3.63, 3.8) is 0 Å². The zero-order chi connectivity index (χ0) is 11.6. The van der Waals surface area contributed by atoms with Crippen LogP contribution in [0.1, 0.15) is 18.1 Å². The predicted octanol–water partition coefficient (Wildman–Crippen LogP) is 0.941. The normalized spacial score (nSPS) is 29.0. The van der Waals surface area contributed by atoms with Gasteiger partial charge >= 0.3 is 11.8 Å². The number of benzene rings is 1. The van der Waals surface area contributed by atoms with Gasteiger partial charge in [0.05, 0.1) is 7.11 Å². The second kappa shape index (κ2) is 4.21. The molecule has 5 heteroatoms. The third kappa shape index (κ3) is 1.92. The van der Waals surface area contributed by atoms with Crippen LogP contribution < -0.4 is 0 Å². The van der Waals surface area contributed by atoms with E-state index in [1.54, 1.807) is 0 Å². The summed E-state index contributed by atoms with van der Waals surface area (Å²) in [5.41, 5.74) is 0.835. The third-order valence-corrected chi connectivity index (χ3v) is 2.44. The minimum Gasteiger partial charge on any atom is -0.465 e. The average molecular weight is 224 g/mol. The van der Waals surface area contributed by atoms with Gasteiger partial charge < -0.3 is 9.84 Å². The number of hydrogen-bond donors (Lipinski definition) is 1. The van der Waals surface area contributed by atoms with Crippen molar-refractivity contribution in [2.45, 2.75) is 18.3 Å². The van der Waals surface area contributed by atoms with Crippen molar-refractivity contribution < 1.29 is 24.4 Å². The van der Waals surface area contributed by atoms with Gasteiger partial charge in [-0.1, -0.05) is 30.3 Å². The number of ether oxygens (including phenoxy) is 1. The van der Waals surface area contributed by atoms with Gasteiger partial charge in [0.15, 0.2) is 0 Å². The van der Waals surface area contributed by atoms with Crippen LogP contribution in [0, 0.1) is 0 Å². The molecular weight excluding hydrogens is 212 g/mol. The lowest BCUT2D eigenvalue weighted by Crippen LogP contribution is -2.38. The van der Waals surface area contributed by atoms with E-state index in [0.717, 1.165) is 5.56 Å². The van der Waals surface area contributed by atoms with Gasteiger partial charge in [-0.15, -0.1) is 0 Å². The van der Waals surface area contributed by atoms with E-state index in [0.29, 0.717) is 0 Å². The molecule has 5 nitrogen and oxygen atoms in total. The molecule has 1 unspecified atom stereocenters. The standard InChI is InChI=1S/C11H12O5/c1-14-10(12)11(13)7-9(15-16-11)8-5-3-2-4-6-8/h2-6,9,13H,7H2,1H3/t9-,11?/m0/s1. The summed E-state index contributed by atoms with van der Waals surface area (Å²) < 4.78 is 4.43. The van der Waals surface area contributed by atoms with Gasteiger partial charge in [0, 0.05) is 6.42 Å². The highest BCUT2D eigenvalue weighted by atomic mass is 17.2. The minimum atomic E-state index is -2.00. The van der Waals surface area contributed by atoms with E-state index in [1.165, 1.54) is 7.11 Å². The molecule has 1 aliphatic rings. The van der Waals surface area contributed by atoms with Crippen LogP contribution in [0.5, 0.6) is 0 Å². The Morgan fingerprint density at radius 1 is 1.50 bits per heavy atom. The Morgan fingerprint density at radius 3 is 2.81 bits per heavy atom. The highest BCUT2D eigenvalue weighted by Crippen LogP contribution is 2.36. The van der Waals surface area contributed by atoms with E-state index in [2.05, 4.69) is 9.62 Å². The van der Waals surface area contributed by atoms with Crippen molar-refractivity contribution >= 4 is 5.97 Å². The highest BCUT2D eigenvalue weighted by molar-refractivity contribution is 5.77. The maximum atomic E-state index is 11.2. The number of hydrogen-bond acceptors (Lipinski definition) is 5. The van der Waals surface area contributed by atoms with Crippen molar-refractivity contribution in [1.82, 2.24) is 0 Å². The van der Waals surface area contributed by atoms with E-state index in [9.17, 15) is 9.90 Å². The maximum Gasteiger partial charge on any atom is 0.369 e. The zero-order valence-electron chi connectivity index (χ0n) is 8.75. The first kappa shape index (κ1) is 11.1. The molecule has 0 bridgehead atoms. The fraction of sp³-hybridized carbons (Fsp3) is 0.364. The molecule has 0 aromatic heterocycles. The lowest BCUT2D eigenvalue weighted by molar-refractivity contribution is -0.369. The first-order valence-electron chi connectivity index (χ1n) is 4.86. The summed E-state index contributed by atoms with van der Waals surface area (Å²) in [7, 11) is 1.18. The van der Waals surface area contributed by atoms with Gasteiger partial charge in [0.1, 0.15) is 6.10 Å². The molecule has 16 heavy (non-hydrogen) atoms. The number of aliphatic hydroxyl groups is 1. The highest BCUT2D eigenvalue weighted by Gasteiger charge is 2.49. The summed E-state index contributed by atoms with van der Waals surface area (Å²) in [5, 5.41) is 9.77. The van der Waals surface area contributed by atoms with Crippen LogP contribution in [-0.4, -0.2) is 24.0 Å². The lowest BCUT2D eigenvalue weighted by Gasteiger charge is -2.14. The van der Waals surface area contributed by atoms with Gasteiger partial charge in [-0.25, -0.2) is 9.68 Å². The van der Waals surface area contributed by atoms with Crippen molar-refractivity contribution in [2.24, 2.45) is 0 Å². The number of rotatable bonds is 2. The Labute approximate surface area is 92.5 Å². The summed E-state index contributed by atoms with van der Waals surface area (Å²) in [5.74, 6) is -2.86.